The van der Waals surface area contributed by atoms with Crippen molar-refractivity contribution in [1.29, 1.82) is 0 Å². The lowest BCUT2D eigenvalue weighted by Crippen LogP contribution is -2.49. The molecular weight excluding hydrogens is 467 g/mol. The van der Waals surface area contributed by atoms with Crippen molar-refractivity contribution in [2.45, 2.75) is 29.7 Å². The van der Waals surface area contributed by atoms with E-state index in [0.29, 0.717) is 12.2 Å². The van der Waals surface area contributed by atoms with Crippen LogP contribution in [0.5, 0.6) is 5.75 Å². The number of hydrogen-bond acceptors (Lipinski definition) is 3. The Morgan fingerprint density at radius 1 is 0.906 bits per heavy atom. The van der Waals surface area contributed by atoms with Gasteiger partial charge in [0.15, 0.2) is 0 Å². The summed E-state index contributed by atoms with van der Waals surface area (Å²) in [5.74, 6) is 0.498. The first-order valence-electron chi connectivity index (χ1n) is 10.4. The number of alkyl halides is 3. The number of nitrogens with one attached hydrogen (secondary N) is 2. The lowest BCUT2D eigenvalue weighted by molar-refractivity contribution is 0.0942. The van der Waals surface area contributed by atoms with Crippen LogP contribution in [0.25, 0.3) is 11.1 Å². The molecule has 3 aromatic rings. The van der Waals surface area contributed by atoms with Gasteiger partial charge in [0, 0.05) is 11.3 Å². The fourth-order valence-electron chi connectivity index (χ4n) is 3.01. The second kappa shape index (κ2) is 11.5. The molecule has 0 aliphatic carbocycles. The molecule has 7 heteroatoms. The Bertz CT molecular complexity index is 988. The molecule has 2 N–H and O–H groups in total. The van der Waals surface area contributed by atoms with Crippen LogP contribution in [0.3, 0.4) is 0 Å². The average molecular weight is 492 g/mol. The van der Waals surface area contributed by atoms with Crippen LogP contribution in [-0.4, -0.2) is 22.5 Å². The molecule has 0 fully saturated rings. The fourth-order valence-corrected chi connectivity index (χ4v) is 3.33. The summed E-state index contributed by atoms with van der Waals surface area (Å²) in [5.41, 5.74) is 3.20. The first-order chi connectivity index (χ1) is 15.4. The Labute approximate surface area is 203 Å². The van der Waals surface area contributed by atoms with Crippen molar-refractivity contribution >= 4 is 46.4 Å². The highest BCUT2D eigenvalue weighted by Crippen LogP contribution is 2.31. The summed E-state index contributed by atoms with van der Waals surface area (Å²) in [6.45, 7) is 2.85. The number of carbonyl (C=O) groups excluding carboxylic acids is 1. The molecule has 0 radical (unpaired) electrons. The maximum Gasteiger partial charge on any atom is 0.252 e. The van der Waals surface area contributed by atoms with Gasteiger partial charge in [-0.1, -0.05) is 90.6 Å². The molecular formula is C25H25Cl3N2O2. The van der Waals surface area contributed by atoms with E-state index in [1.165, 1.54) is 0 Å². The molecule has 32 heavy (non-hydrogen) atoms. The summed E-state index contributed by atoms with van der Waals surface area (Å²) in [7, 11) is 0. The third kappa shape index (κ3) is 7.06. The molecule has 1 amide bonds. The van der Waals surface area contributed by atoms with E-state index in [1.54, 1.807) is 12.1 Å². The number of unbranched alkanes of at least 4 members (excludes halogenated alkanes) is 1. The van der Waals surface area contributed by atoms with Crippen LogP contribution in [0.4, 0.5) is 5.69 Å². The zero-order valence-electron chi connectivity index (χ0n) is 17.7. The average Bonchev–Trinajstić information content (AvgIpc) is 2.79. The number of carbonyl (C=O) groups is 1. The minimum atomic E-state index is -1.74. The number of para-hydroxylation sites is 1. The van der Waals surface area contributed by atoms with Crippen molar-refractivity contribution in [2.75, 3.05) is 11.9 Å². The van der Waals surface area contributed by atoms with Crippen LogP contribution in [0.15, 0.2) is 78.9 Å². The molecule has 4 nitrogen and oxygen atoms in total. The number of hydrogen-bond donors (Lipinski definition) is 2. The van der Waals surface area contributed by atoms with Crippen LogP contribution < -0.4 is 15.4 Å². The van der Waals surface area contributed by atoms with Gasteiger partial charge in [0.1, 0.15) is 11.9 Å². The molecule has 0 heterocycles. The second-order valence-corrected chi connectivity index (χ2v) is 9.63. The maximum absolute atomic E-state index is 12.8. The summed E-state index contributed by atoms with van der Waals surface area (Å²) in [4.78, 5) is 12.8. The Kier molecular flexibility index (Phi) is 8.68. The minimum Gasteiger partial charge on any atom is -0.494 e. The first kappa shape index (κ1) is 24.2. The number of benzene rings is 3. The lowest BCUT2D eigenvalue weighted by Gasteiger charge is -2.27. The molecule has 3 aromatic carbocycles. The third-order valence-corrected chi connectivity index (χ3v) is 5.44. The van der Waals surface area contributed by atoms with E-state index in [0.717, 1.165) is 35.4 Å². The highest BCUT2D eigenvalue weighted by atomic mass is 35.6. The summed E-state index contributed by atoms with van der Waals surface area (Å²) in [6.07, 6.45) is 1.22. The Hall–Kier alpha value is -2.40. The molecule has 0 aliphatic heterocycles. The molecule has 0 bridgehead atoms. The van der Waals surface area contributed by atoms with Crippen LogP contribution in [-0.2, 0) is 0 Å². The summed E-state index contributed by atoms with van der Waals surface area (Å²) < 4.78 is 3.96. The molecule has 168 valence electrons. The zero-order valence-corrected chi connectivity index (χ0v) is 19.9. The van der Waals surface area contributed by atoms with Crippen molar-refractivity contribution in [1.82, 2.24) is 5.32 Å². The molecule has 0 aliphatic rings. The van der Waals surface area contributed by atoms with E-state index >= 15 is 0 Å². The monoisotopic (exact) mass is 490 g/mol. The van der Waals surface area contributed by atoms with Gasteiger partial charge in [0.25, 0.3) is 5.91 Å². The highest BCUT2D eigenvalue weighted by Gasteiger charge is 2.34. The summed E-state index contributed by atoms with van der Waals surface area (Å²) >= 11 is 18.2. The van der Waals surface area contributed by atoms with E-state index in [4.69, 9.17) is 39.5 Å². The minimum absolute atomic E-state index is 0.351. The van der Waals surface area contributed by atoms with Crippen LogP contribution >= 0.6 is 34.8 Å². The number of ether oxygens (including phenoxy) is 1. The zero-order chi connectivity index (χ0) is 23.0. The molecule has 3 rings (SSSR count). The molecule has 0 saturated carbocycles. The smallest absolute Gasteiger partial charge is 0.252 e. The predicted octanol–water partition coefficient (Wildman–Crippen LogP) is 7.07. The largest absolute Gasteiger partial charge is 0.494 e. The Morgan fingerprint density at radius 3 is 2.06 bits per heavy atom. The number of halogens is 3. The van der Waals surface area contributed by atoms with Crippen LogP contribution in [0, 0.1) is 0 Å². The maximum atomic E-state index is 12.8. The van der Waals surface area contributed by atoms with Gasteiger partial charge in [-0.15, -0.1) is 0 Å². The quantitative estimate of drug-likeness (QED) is 0.191. The Morgan fingerprint density at radius 2 is 1.50 bits per heavy atom. The number of rotatable bonds is 9. The summed E-state index contributed by atoms with van der Waals surface area (Å²) in [5, 5.41) is 5.79. The van der Waals surface area contributed by atoms with E-state index in [2.05, 4.69) is 17.6 Å². The number of anilines is 1. The molecule has 0 aromatic heterocycles. The third-order valence-electron chi connectivity index (χ3n) is 4.79. The Balaban J connectivity index is 1.66. The standard InChI is InChI=1S/C25H25Cl3N2O2/c1-2-3-17-32-22-15-13-19(14-16-22)18-9-11-20(12-10-18)23(31)30-24(25(26,27)28)29-21-7-5-4-6-8-21/h4-16,24,29H,2-3,17H2,1H3,(H,30,31)/t24-/m0/s1. The highest BCUT2D eigenvalue weighted by molar-refractivity contribution is 6.68. The van der Waals surface area contributed by atoms with Gasteiger partial charge in [-0.25, -0.2) is 0 Å². The molecule has 0 unspecified atom stereocenters. The van der Waals surface area contributed by atoms with E-state index in [9.17, 15) is 4.79 Å². The normalized spacial score (nSPS) is 12.1. The van der Waals surface area contributed by atoms with Crippen molar-refractivity contribution in [3.63, 3.8) is 0 Å². The lowest BCUT2D eigenvalue weighted by atomic mass is 10.0. The van der Waals surface area contributed by atoms with Crippen molar-refractivity contribution in [2.24, 2.45) is 0 Å². The van der Waals surface area contributed by atoms with Gasteiger partial charge < -0.3 is 15.4 Å². The predicted molar refractivity (Wildman–Crippen MR) is 134 cm³/mol. The van der Waals surface area contributed by atoms with Gasteiger partial charge >= 0.3 is 0 Å². The van der Waals surface area contributed by atoms with Gasteiger partial charge in [-0.05, 0) is 53.9 Å². The van der Waals surface area contributed by atoms with Gasteiger partial charge in [-0.2, -0.15) is 0 Å². The van der Waals surface area contributed by atoms with E-state index in [1.807, 2.05) is 66.7 Å². The van der Waals surface area contributed by atoms with Crippen molar-refractivity contribution in [3.05, 3.63) is 84.4 Å². The van der Waals surface area contributed by atoms with Crippen LogP contribution in [0.2, 0.25) is 0 Å². The van der Waals surface area contributed by atoms with Crippen molar-refractivity contribution < 1.29 is 9.53 Å². The molecule has 0 saturated heterocycles. The summed E-state index contributed by atoms with van der Waals surface area (Å²) in [6, 6.07) is 24.4. The van der Waals surface area contributed by atoms with Gasteiger partial charge in [-0.3, -0.25) is 4.79 Å². The number of amides is 1. The van der Waals surface area contributed by atoms with E-state index in [-0.39, 0.29) is 5.91 Å². The second-order valence-electron chi connectivity index (χ2n) is 7.26. The van der Waals surface area contributed by atoms with Gasteiger partial charge in [0.05, 0.1) is 6.61 Å². The first-order valence-corrected chi connectivity index (χ1v) is 11.5. The van der Waals surface area contributed by atoms with Crippen LogP contribution in [0.1, 0.15) is 30.1 Å². The molecule has 1 atom stereocenters. The van der Waals surface area contributed by atoms with Gasteiger partial charge in [0.2, 0.25) is 3.79 Å². The van der Waals surface area contributed by atoms with Crippen molar-refractivity contribution in [3.8, 4) is 16.9 Å². The van der Waals surface area contributed by atoms with E-state index < -0.39 is 9.96 Å². The topological polar surface area (TPSA) is 50.4 Å². The molecule has 0 spiro atoms. The fraction of sp³-hybridized carbons (Fsp3) is 0.240. The SMILES string of the molecule is CCCCOc1ccc(-c2ccc(C(=O)N[C@H](Nc3ccccc3)C(Cl)(Cl)Cl)cc2)cc1.